The number of nitrogen functional groups attached to an aromatic ring is 1. The highest BCUT2D eigenvalue weighted by atomic mass is 79.9. The van der Waals surface area contributed by atoms with E-state index >= 15 is 0 Å². The first-order valence-corrected chi connectivity index (χ1v) is 6.99. The van der Waals surface area contributed by atoms with E-state index in [-0.39, 0.29) is 5.69 Å². The van der Waals surface area contributed by atoms with Crippen molar-refractivity contribution in [3.63, 3.8) is 0 Å². The third kappa shape index (κ3) is 3.91. The third-order valence-corrected chi connectivity index (χ3v) is 3.57. The lowest BCUT2D eigenvalue weighted by molar-refractivity contribution is -0.137. The summed E-state index contributed by atoms with van der Waals surface area (Å²) < 4.78 is 38.8. The van der Waals surface area contributed by atoms with Crippen LogP contribution in [0.4, 0.5) is 24.5 Å². The maximum Gasteiger partial charge on any atom is 0.416 e. The summed E-state index contributed by atoms with van der Waals surface area (Å²) in [5.74, 6) is 0. The van der Waals surface area contributed by atoms with Crippen LogP contribution in [-0.2, 0) is 12.7 Å². The first kappa shape index (κ1) is 15.7. The lowest BCUT2D eigenvalue weighted by Crippen LogP contribution is -2.18. The van der Waals surface area contributed by atoms with Crippen molar-refractivity contribution in [2.24, 2.45) is 0 Å². The molecule has 0 saturated heterocycles. The number of benzene rings is 2. The molecular weight excluding hydrogens is 345 g/mol. The molecule has 2 aromatic rings. The lowest BCUT2D eigenvalue weighted by atomic mass is 10.1. The quantitative estimate of drug-likeness (QED) is 0.806. The maximum atomic E-state index is 12.6. The summed E-state index contributed by atoms with van der Waals surface area (Å²) in [6.07, 6.45) is -4.38. The molecule has 0 unspecified atom stereocenters. The molecule has 2 rings (SSSR count). The van der Waals surface area contributed by atoms with Crippen LogP contribution < -0.4 is 10.6 Å². The number of nitrogens with zero attached hydrogens (tertiary/aromatic N) is 1. The van der Waals surface area contributed by atoms with Gasteiger partial charge in [-0.3, -0.25) is 0 Å². The minimum absolute atomic E-state index is 0.113. The summed E-state index contributed by atoms with van der Waals surface area (Å²) in [6.45, 7) is 0.551. The van der Waals surface area contributed by atoms with E-state index in [1.54, 1.807) is 7.05 Å². The highest BCUT2D eigenvalue weighted by Gasteiger charge is 2.31. The van der Waals surface area contributed by atoms with Crippen LogP contribution in [0.2, 0.25) is 0 Å². The Morgan fingerprint density at radius 3 is 2.43 bits per heavy atom. The molecule has 0 aliphatic rings. The van der Waals surface area contributed by atoms with Crippen molar-refractivity contribution in [3.8, 4) is 0 Å². The Kier molecular flexibility index (Phi) is 4.46. The molecule has 0 bridgehead atoms. The summed E-state index contributed by atoms with van der Waals surface area (Å²) in [5.41, 5.74) is 6.73. The Morgan fingerprint density at radius 1 is 1.14 bits per heavy atom. The molecule has 0 saturated carbocycles. The van der Waals surface area contributed by atoms with E-state index in [4.69, 9.17) is 5.73 Å². The first-order chi connectivity index (χ1) is 9.77. The average Bonchev–Trinajstić information content (AvgIpc) is 2.37. The average molecular weight is 359 g/mol. The number of hydrogen-bond donors (Lipinski definition) is 1. The van der Waals surface area contributed by atoms with Crippen molar-refractivity contribution < 1.29 is 13.2 Å². The van der Waals surface area contributed by atoms with Gasteiger partial charge in [-0.25, -0.2) is 0 Å². The standard InChI is InChI=1S/C15H14BrF3N2/c1-21(9-10-3-2-4-12(16)7-10)14-6-5-11(8-13(14)20)15(17,18)19/h2-8H,9,20H2,1H3. The highest BCUT2D eigenvalue weighted by Crippen LogP contribution is 2.34. The van der Waals surface area contributed by atoms with E-state index in [1.165, 1.54) is 6.07 Å². The normalized spacial score (nSPS) is 11.5. The zero-order chi connectivity index (χ0) is 15.6. The largest absolute Gasteiger partial charge is 0.416 e. The van der Waals surface area contributed by atoms with Gasteiger partial charge < -0.3 is 10.6 Å². The number of hydrogen-bond acceptors (Lipinski definition) is 2. The van der Waals surface area contributed by atoms with Gasteiger partial charge in [0.1, 0.15) is 0 Å². The van der Waals surface area contributed by atoms with Crippen molar-refractivity contribution >= 4 is 27.3 Å². The van der Waals surface area contributed by atoms with Gasteiger partial charge in [0.25, 0.3) is 0 Å². The molecular formula is C15H14BrF3N2. The van der Waals surface area contributed by atoms with Crippen molar-refractivity contribution in [3.05, 3.63) is 58.1 Å². The van der Waals surface area contributed by atoms with Crippen LogP contribution >= 0.6 is 15.9 Å². The molecule has 2 N–H and O–H groups in total. The second-order valence-electron chi connectivity index (χ2n) is 4.76. The highest BCUT2D eigenvalue weighted by molar-refractivity contribution is 9.10. The number of anilines is 2. The topological polar surface area (TPSA) is 29.3 Å². The minimum atomic E-state index is -4.38. The molecule has 0 spiro atoms. The van der Waals surface area contributed by atoms with Crippen molar-refractivity contribution in [2.45, 2.75) is 12.7 Å². The fraction of sp³-hybridized carbons (Fsp3) is 0.200. The summed E-state index contributed by atoms with van der Waals surface area (Å²) in [7, 11) is 1.79. The van der Waals surface area contributed by atoms with Crippen LogP contribution in [0.3, 0.4) is 0 Å². The number of rotatable bonds is 3. The Balaban J connectivity index is 2.22. The molecule has 0 fully saturated rings. The SMILES string of the molecule is CN(Cc1cccc(Br)c1)c1ccc(C(F)(F)F)cc1N. The molecule has 0 aromatic heterocycles. The van der Waals surface area contributed by atoms with Crippen LogP contribution in [-0.4, -0.2) is 7.05 Å². The minimum Gasteiger partial charge on any atom is -0.397 e. The zero-order valence-electron chi connectivity index (χ0n) is 11.3. The van der Waals surface area contributed by atoms with Gasteiger partial charge in [0.2, 0.25) is 0 Å². The van der Waals surface area contributed by atoms with Crippen molar-refractivity contribution in [2.75, 3.05) is 17.7 Å². The van der Waals surface area contributed by atoms with Gasteiger partial charge in [-0.15, -0.1) is 0 Å². The van der Waals surface area contributed by atoms with E-state index in [1.807, 2.05) is 29.2 Å². The zero-order valence-corrected chi connectivity index (χ0v) is 12.9. The van der Waals surface area contributed by atoms with Gasteiger partial charge in [0.15, 0.2) is 0 Å². The van der Waals surface area contributed by atoms with Gasteiger partial charge in [-0.2, -0.15) is 13.2 Å². The van der Waals surface area contributed by atoms with E-state index in [0.717, 1.165) is 22.2 Å². The Labute approximate surface area is 129 Å². The molecule has 2 nitrogen and oxygen atoms in total. The van der Waals surface area contributed by atoms with Gasteiger partial charge in [-0.05, 0) is 35.9 Å². The predicted octanol–water partition coefficient (Wildman–Crippen LogP) is 4.69. The third-order valence-electron chi connectivity index (χ3n) is 3.07. The smallest absolute Gasteiger partial charge is 0.397 e. The first-order valence-electron chi connectivity index (χ1n) is 6.19. The molecule has 21 heavy (non-hydrogen) atoms. The van der Waals surface area contributed by atoms with Crippen LogP contribution in [0.5, 0.6) is 0 Å². The fourth-order valence-corrected chi connectivity index (χ4v) is 2.52. The predicted molar refractivity (Wildman–Crippen MR) is 82.1 cm³/mol. The summed E-state index contributed by atoms with van der Waals surface area (Å²) in [4.78, 5) is 1.82. The van der Waals surface area contributed by atoms with Crippen LogP contribution in [0.25, 0.3) is 0 Å². The van der Waals surface area contributed by atoms with Gasteiger partial charge in [0.05, 0.1) is 16.9 Å². The molecule has 0 heterocycles. The molecule has 0 atom stereocenters. The Bertz CT molecular complexity index is 641. The molecule has 0 aliphatic heterocycles. The lowest BCUT2D eigenvalue weighted by Gasteiger charge is -2.22. The van der Waals surface area contributed by atoms with E-state index in [9.17, 15) is 13.2 Å². The second kappa shape index (κ2) is 5.97. The molecule has 6 heteroatoms. The fourth-order valence-electron chi connectivity index (χ4n) is 2.07. The van der Waals surface area contributed by atoms with Crippen molar-refractivity contribution in [1.82, 2.24) is 0 Å². The number of halogens is 4. The second-order valence-corrected chi connectivity index (χ2v) is 5.67. The Hall–Kier alpha value is -1.69. The molecule has 0 amide bonds. The summed E-state index contributed by atoms with van der Waals surface area (Å²) in [6, 6.07) is 11.1. The molecule has 0 radical (unpaired) electrons. The number of alkyl halides is 3. The van der Waals surface area contributed by atoms with Crippen LogP contribution in [0.15, 0.2) is 46.9 Å². The van der Waals surface area contributed by atoms with E-state index < -0.39 is 11.7 Å². The van der Waals surface area contributed by atoms with E-state index in [2.05, 4.69) is 15.9 Å². The van der Waals surface area contributed by atoms with Crippen molar-refractivity contribution in [1.29, 1.82) is 0 Å². The van der Waals surface area contributed by atoms with Gasteiger partial charge in [0, 0.05) is 18.1 Å². The van der Waals surface area contributed by atoms with Gasteiger partial charge >= 0.3 is 6.18 Å². The number of nitrogens with two attached hydrogens (primary N) is 1. The Morgan fingerprint density at radius 2 is 1.86 bits per heavy atom. The maximum absolute atomic E-state index is 12.6. The van der Waals surface area contributed by atoms with Crippen LogP contribution in [0.1, 0.15) is 11.1 Å². The van der Waals surface area contributed by atoms with Crippen LogP contribution in [0, 0.1) is 0 Å². The van der Waals surface area contributed by atoms with Gasteiger partial charge in [-0.1, -0.05) is 28.1 Å². The van der Waals surface area contributed by atoms with E-state index in [0.29, 0.717) is 12.2 Å². The summed E-state index contributed by atoms with van der Waals surface area (Å²) in [5, 5.41) is 0. The molecule has 2 aromatic carbocycles. The molecule has 0 aliphatic carbocycles. The molecule has 112 valence electrons. The summed E-state index contributed by atoms with van der Waals surface area (Å²) >= 11 is 3.39. The monoisotopic (exact) mass is 358 g/mol.